The third kappa shape index (κ3) is 3.76. The van der Waals surface area contributed by atoms with Gasteiger partial charge in [0.05, 0.1) is 5.69 Å². The Morgan fingerprint density at radius 1 is 1.43 bits per heavy atom. The third-order valence-electron chi connectivity index (χ3n) is 4.18. The van der Waals surface area contributed by atoms with E-state index in [1.807, 2.05) is 36.1 Å². The number of hydrogen-bond donors (Lipinski definition) is 1. The second-order valence-electron chi connectivity index (χ2n) is 6.08. The molecule has 0 bridgehead atoms. The number of methoxy groups -OCH3 is 1. The lowest BCUT2D eigenvalue weighted by atomic mass is 10.0. The minimum Gasteiger partial charge on any atom is -0.375 e. The molecule has 0 unspecified atom stereocenters. The SMILES string of the molecule is COCC(=O)N1CC[C@H](Cc2cccc(-c3cc(C)[nH]n3)n2)C1. The number of aromatic nitrogens is 3. The molecule has 1 atom stereocenters. The summed E-state index contributed by atoms with van der Waals surface area (Å²) in [6, 6.07) is 8.03. The van der Waals surface area contributed by atoms with E-state index in [1.165, 1.54) is 0 Å². The topological polar surface area (TPSA) is 71.1 Å². The summed E-state index contributed by atoms with van der Waals surface area (Å²) in [7, 11) is 1.55. The second kappa shape index (κ2) is 6.91. The average Bonchev–Trinajstić information content (AvgIpc) is 3.17. The van der Waals surface area contributed by atoms with Crippen molar-refractivity contribution in [3.63, 3.8) is 0 Å². The van der Waals surface area contributed by atoms with E-state index in [4.69, 9.17) is 9.72 Å². The van der Waals surface area contributed by atoms with Crippen molar-refractivity contribution in [3.05, 3.63) is 35.7 Å². The van der Waals surface area contributed by atoms with Crippen LogP contribution in [0.5, 0.6) is 0 Å². The highest BCUT2D eigenvalue weighted by atomic mass is 16.5. The van der Waals surface area contributed by atoms with Gasteiger partial charge in [-0.1, -0.05) is 6.07 Å². The maximum absolute atomic E-state index is 11.9. The molecule has 1 N–H and O–H groups in total. The Morgan fingerprint density at radius 3 is 3.04 bits per heavy atom. The molecule has 6 nitrogen and oxygen atoms in total. The summed E-state index contributed by atoms with van der Waals surface area (Å²) >= 11 is 0. The van der Waals surface area contributed by atoms with Gasteiger partial charge in [-0.2, -0.15) is 5.10 Å². The number of H-pyrrole nitrogens is 1. The third-order valence-corrected chi connectivity index (χ3v) is 4.18. The fourth-order valence-electron chi connectivity index (χ4n) is 3.02. The van der Waals surface area contributed by atoms with Crippen LogP contribution in [-0.2, 0) is 16.0 Å². The van der Waals surface area contributed by atoms with Gasteiger partial charge in [0.15, 0.2) is 0 Å². The number of nitrogens with one attached hydrogen (secondary N) is 1. The number of likely N-dealkylation sites (tertiary alicyclic amines) is 1. The van der Waals surface area contributed by atoms with E-state index in [-0.39, 0.29) is 12.5 Å². The van der Waals surface area contributed by atoms with E-state index in [9.17, 15) is 4.79 Å². The number of hydrogen-bond acceptors (Lipinski definition) is 4. The molecule has 23 heavy (non-hydrogen) atoms. The Hall–Kier alpha value is -2.21. The van der Waals surface area contributed by atoms with Gasteiger partial charge in [0.2, 0.25) is 5.91 Å². The van der Waals surface area contributed by atoms with Crippen LogP contribution in [0.2, 0.25) is 0 Å². The van der Waals surface area contributed by atoms with Gasteiger partial charge in [-0.25, -0.2) is 0 Å². The number of carbonyl (C=O) groups excluding carboxylic acids is 1. The Bertz CT molecular complexity index is 683. The fourth-order valence-corrected chi connectivity index (χ4v) is 3.02. The van der Waals surface area contributed by atoms with Crippen LogP contribution >= 0.6 is 0 Å². The first-order valence-electron chi connectivity index (χ1n) is 7.90. The largest absolute Gasteiger partial charge is 0.375 e. The number of amides is 1. The van der Waals surface area contributed by atoms with Crippen molar-refractivity contribution in [3.8, 4) is 11.4 Å². The van der Waals surface area contributed by atoms with Crippen LogP contribution in [0.3, 0.4) is 0 Å². The van der Waals surface area contributed by atoms with E-state index in [0.29, 0.717) is 5.92 Å². The molecule has 122 valence electrons. The van der Waals surface area contributed by atoms with Crippen molar-refractivity contribution < 1.29 is 9.53 Å². The van der Waals surface area contributed by atoms with Gasteiger partial charge in [-0.3, -0.25) is 14.9 Å². The molecule has 6 heteroatoms. The molecule has 0 saturated carbocycles. The van der Waals surface area contributed by atoms with Gasteiger partial charge in [-0.15, -0.1) is 0 Å². The van der Waals surface area contributed by atoms with Gasteiger partial charge in [0.25, 0.3) is 0 Å². The van der Waals surface area contributed by atoms with Crippen LogP contribution in [0.4, 0.5) is 0 Å². The van der Waals surface area contributed by atoms with Crippen molar-refractivity contribution in [2.24, 2.45) is 5.92 Å². The molecule has 3 rings (SSSR count). The number of nitrogens with zero attached hydrogens (tertiary/aromatic N) is 3. The van der Waals surface area contributed by atoms with Crippen LogP contribution < -0.4 is 0 Å². The Morgan fingerprint density at radius 2 is 2.30 bits per heavy atom. The zero-order chi connectivity index (χ0) is 16.2. The van der Waals surface area contributed by atoms with E-state index in [0.717, 1.165) is 48.7 Å². The Kier molecular flexibility index (Phi) is 4.71. The van der Waals surface area contributed by atoms with Gasteiger partial charge in [0, 0.05) is 31.6 Å². The van der Waals surface area contributed by atoms with E-state index >= 15 is 0 Å². The molecule has 0 aliphatic carbocycles. The Balaban J connectivity index is 1.64. The maximum atomic E-state index is 11.9. The first kappa shape index (κ1) is 15.7. The van der Waals surface area contributed by atoms with Gasteiger partial charge in [-0.05, 0) is 43.9 Å². The minimum atomic E-state index is 0.0729. The van der Waals surface area contributed by atoms with Gasteiger partial charge in [0.1, 0.15) is 12.3 Å². The molecule has 1 aliphatic rings. The molecule has 0 spiro atoms. The number of ether oxygens (including phenoxy) is 1. The van der Waals surface area contributed by atoms with Crippen molar-refractivity contribution in [1.29, 1.82) is 0 Å². The van der Waals surface area contributed by atoms with Crippen LogP contribution in [0.25, 0.3) is 11.4 Å². The molecule has 1 fully saturated rings. The standard InChI is InChI=1S/C17H22N4O2/c1-12-8-16(20-19-12)15-5-3-4-14(18-15)9-13-6-7-21(10-13)17(22)11-23-2/h3-5,8,13H,6-7,9-11H2,1-2H3,(H,19,20)/t13-/m1/s1. The zero-order valence-corrected chi connectivity index (χ0v) is 13.6. The van der Waals surface area contributed by atoms with Crippen molar-refractivity contribution in [2.45, 2.75) is 19.8 Å². The predicted molar refractivity (Wildman–Crippen MR) is 86.8 cm³/mol. The van der Waals surface area contributed by atoms with E-state index in [1.54, 1.807) is 7.11 Å². The first-order chi connectivity index (χ1) is 11.2. The van der Waals surface area contributed by atoms with Gasteiger partial charge >= 0.3 is 0 Å². The second-order valence-corrected chi connectivity index (χ2v) is 6.08. The summed E-state index contributed by atoms with van der Waals surface area (Å²) in [6.45, 7) is 3.74. The number of pyridine rings is 1. The average molecular weight is 314 g/mol. The van der Waals surface area contributed by atoms with Crippen LogP contribution in [-0.4, -0.2) is 52.8 Å². The fraction of sp³-hybridized carbons (Fsp3) is 0.471. The summed E-state index contributed by atoms with van der Waals surface area (Å²) in [5.74, 6) is 0.531. The maximum Gasteiger partial charge on any atom is 0.248 e. The molecular weight excluding hydrogens is 292 g/mol. The number of aryl methyl sites for hydroxylation is 1. The van der Waals surface area contributed by atoms with E-state index < -0.39 is 0 Å². The molecule has 1 saturated heterocycles. The summed E-state index contributed by atoms with van der Waals surface area (Å²) in [5.41, 5.74) is 3.83. The van der Waals surface area contributed by atoms with Crippen LogP contribution in [0.1, 0.15) is 17.8 Å². The first-order valence-corrected chi connectivity index (χ1v) is 7.90. The van der Waals surface area contributed by atoms with E-state index in [2.05, 4.69) is 10.2 Å². The van der Waals surface area contributed by atoms with Crippen molar-refractivity contribution >= 4 is 5.91 Å². The summed E-state index contributed by atoms with van der Waals surface area (Å²) in [6.07, 6.45) is 1.90. The highest BCUT2D eigenvalue weighted by Crippen LogP contribution is 2.22. The molecule has 1 amide bonds. The molecule has 2 aromatic rings. The highest BCUT2D eigenvalue weighted by molar-refractivity contribution is 5.77. The van der Waals surface area contributed by atoms with Crippen LogP contribution in [0.15, 0.2) is 24.3 Å². The van der Waals surface area contributed by atoms with Crippen LogP contribution in [0, 0.1) is 12.8 Å². The monoisotopic (exact) mass is 314 g/mol. The molecule has 0 radical (unpaired) electrons. The normalized spacial score (nSPS) is 17.7. The molecular formula is C17H22N4O2. The molecule has 0 aromatic carbocycles. The molecule has 1 aliphatic heterocycles. The summed E-state index contributed by atoms with van der Waals surface area (Å²) in [4.78, 5) is 18.5. The predicted octanol–water partition coefficient (Wildman–Crippen LogP) is 1.82. The number of aromatic amines is 1. The Labute approximate surface area is 135 Å². The number of carbonyl (C=O) groups is 1. The van der Waals surface area contributed by atoms with Gasteiger partial charge < -0.3 is 9.64 Å². The highest BCUT2D eigenvalue weighted by Gasteiger charge is 2.26. The summed E-state index contributed by atoms with van der Waals surface area (Å²) < 4.78 is 4.92. The lowest BCUT2D eigenvalue weighted by Gasteiger charge is -2.16. The number of rotatable bonds is 5. The zero-order valence-electron chi connectivity index (χ0n) is 13.6. The quantitative estimate of drug-likeness (QED) is 0.914. The molecule has 3 heterocycles. The lowest BCUT2D eigenvalue weighted by Crippen LogP contribution is -2.31. The molecule has 2 aromatic heterocycles. The minimum absolute atomic E-state index is 0.0729. The summed E-state index contributed by atoms with van der Waals surface area (Å²) in [5, 5.41) is 7.20. The lowest BCUT2D eigenvalue weighted by molar-refractivity contribution is -0.134. The smallest absolute Gasteiger partial charge is 0.248 e. The van der Waals surface area contributed by atoms with Crippen molar-refractivity contribution in [2.75, 3.05) is 26.8 Å². The van der Waals surface area contributed by atoms with Crippen molar-refractivity contribution in [1.82, 2.24) is 20.1 Å².